The van der Waals surface area contributed by atoms with Gasteiger partial charge in [0.15, 0.2) is 0 Å². The summed E-state index contributed by atoms with van der Waals surface area (Å²) in [7, 11) is 0. The van der Waals surface area contributed by atoms with E-state index in [0.29, 0.717) is 0 Å². The van der Waals surface area contributed by atoms with E-state index < -0.39 is 0 Å². The van der Waals surface area contributed by atoms with Crippen LogP contribution in [0.4, 0.5) is 0 Å². The van der Waals surface area contributed by atoms with Gasteiger partial charge in [-0.3, -0.25) is 0 Å². The van der Waals surface area contributed by atoms with Crippen LogP contribution in [0.1, 0.15) is 5.56 Å². The Hall–Kier alpha value is -0.210. The zero-order chi connectivity index (χ0) is 7.28. The van der Waals surface area contributed by atoms with Crippen molar-refractivity contribution in [1.29, 1.82) is 0 Å². The lowest BCUT2D eigenvalue weighted by molar-refractivity contribution is 1.52. The molecule has 1 aromatic heterocycles. The molecule has 1 rings (SSSR count). The molecule has 0 amide bonds. The predicted octanol–water partition coefficient (Wildman–Crippen LogP) is 3.15. The third kappa shape index (κ3) is 3.38. The summed E-state index contributed by atoms with van der Waals surface area (Å²) >= 11 is 5.79. The standard InChI is InChI=1S/C5H6S2.C2H4/c1-4-2-5(6)7-3-4;1-2/h2-3,6H,1H3;1-2H2. The van der Waals surface area contributed by atoms with Crippen LogP contribution in [-0.2, 0) is 0 Å². The molecule has 0 aromatic carbocycles. The Balaban J connectivity index is 0.000000291. The Bertz CT molecular complexity index is 151. The van der Waals surface area contributed by atoms with Crippen LogP contribution in [-0.4, -0.2) is 0 Å². The summed E-state index contributed by atoms with van der Waals surface area (Å²) in [6.45, 7) is 8.07. The average molecular weight is 158 g/mol. The van der Waals surface area contributed by atoms with Crippen LogP contribution in [0.2, 0.25) is 0 Å². The molecule has 0 aliphatic carbocycles. The van der Waals surface area contributed by atoms with Crippen LogP contribution in [0, 0.1) is 6.92 Å². The molecule has 0 fully saturated rings. The summed E-state index contributed by atoms with van der Waals surface area (Å²) in [6, 6.07) is 2.05. The Labute approximate surface area is 65.6 Å². The summed E-state index contributed by atoms with van der Waals surface area (Å²) in [4.78, 5) is 0. The second kappa shape index (κ2) is 4.65. The first-order valence-corrected chi connectivity index (χ1v) is 3.86. The summed E-state index contributed by atoms with van der Waals surface area (Å²) < 4.78 is 1.09. The average Bonchev–Trinajstić information content (AvgIpc) is 2.20. The van der Waals surface area contributed by atoms with Gasteiger partial charge in [0, 0.05) is 0 Å². The van der Waals surface area contributed by atoms with Gasteiger partial charge in [-0.15, -0.1) is 37.1 Å². The summed E-state index contributed by atoms with van der Waals surface area (Å²) in [5.41, 5.74) is 1.30. The lowest BCUT2D eigenvalue weighted by Crippen LogP contribution is -1.50. The lowest BCUT2D eigenvalue weighted by Gasteiger charge is -1.69. The normalized spacial score (nSPS) is 7.78. The maximum absolute atomic E-state index is 4.12. The molecule has 9 heavy (non-hydrogen) atoms. The van der Waals surface area contributed by atoms with E-state index in [1.54, 1.807) is 11.3 Å². The van der Waals surface area contributed by atoms with E-state index in [1.807, 2.05) is 6.07 Å². The van der Waals surface area contributed by atoms with E-state index in [9.17, 15) is 0 Å². The minimum Gasteiger partial charge on any atom is -0.137 e. The van der Waals surface area contributed by atoms with Gasteiger partial charge >= 0.3 is 0 Å². The molecule has 0 saturated carbocycles. The Morgan fingerprint density at radius 1 is 1.56 bits per heavy atom. The van der Waals surface area contributed by atoms with Gasteiger partial charge in [-0.1, -0.05) is 0 Å². The monoisotopic (exact) mass is 158 g/mol. The molecule has 0 bridgehead atoms. The van der Waals surface area contributed by atoms with Crippen LogP contribution in [0.3, 0.4) is 0 Å². The Morgan fingerprint density at radius 3 is 2.22 bits per heavy atom. The maximum Gasteiger partial charge on any atom is 0.0570 e. The van der Waals surface area contributed by atoms with Gasteiger partial charge in [0.2, 0.25) is 0 Å². The van der Waals surface area contributed by atoms with Gasteiger partial charge in [0.05, 0.1) is 4.21 Å². The van der Waals surface area contributed by atoms with Gasteiger partial charge < -0.3 is 0 Å². The minimum atomic E-state index is 1.09. The number of thiol groups is 1. The predicted molar refractivity (Wildman–Crippen MR) is 47.6 cm³/mol. The summed E-state index contributed by atoms with van der Waals surface area (Å²) in [5.74, 6) is 0. The fourth-order valence-electron chi connectivity index (χ4n) is 0.416. The van der Waals surface area contributed by atoms with E-state index in [1.165, 1.54) is 5.56 Å². The van der Waals surface area contributed by atoms with Gasteiger partial charge in [-0.25, -0.2) is 0 Å². The van der Waals surface area contributed by atoms with Gasteiger partial charge in [-0.05, 0) is 23.9 Å². The molecule has 0 aliphatic heterocycles. The fourth-order valence-corrected chi connectivity index (χ4v) is 1.41. The summed E-state index contributed by atoms with van der Waals surface area (Å²) in [5, 5.41) is 2.09. The first-order valence-electron chi connectivity index (χ1n) is 2.53. The molecule has 50 valence electrons. The SMILES string of the molecule is C=C.Cc1csc(S)c1. The zero-order valence-electron chi connectivity index (χ0n) is 5.42. The first-order chi connectivity index (χ1) is 4.29. The van der Waals surface area contributed by atoms with Crippen molar-refractivity contribution < 1.29 is 0 Å². The van der Waals surface area contributed by atoms with Crippen molar-refractivity contribution in [1.82, 2.24) is 0 Å². The quantitative estimate of drug-likeness (QED) is 0.435. The smallest absolute Gasteiger partial charge is 0.0570 e. The second-order valence-electron chi connectivity index (χ2n) is 1.46. The molecule has 0 unspecified atom stereocenters. The van der Waals surface area contributed by atoms with Crippen molar-refractivity contribution in [2.24, 2.45) is 0 Å². The molecule has 0 spiro atoms. The van der Waals surface area contributed by atoms with Crippen molar-refractivity contribution in [3.8, 4) is 0 Å². The van der Waals surface area contributed by atoms with Crippen LogP contribution in [0.15, 0.2) is 28.8 Å². The first kappa shape index (κ1) is 8.79. The highest BCUT2D eigenvalue weighted by atomic mass is 32.2. The van der Waals surface area contributed by atoms with Gasteiger partial charge in [-0.2, -0.15) is 0 Å². The molecule has 0 nitrogen and oxygen atoms in total. The molecule has 2 heteroatoms. The third-order valence-corrected chi connectivity index (χ3v) is 2.01. The highest BCUT2D eigenvalue weighted by Crippen LogP contribution is 2.16. The maximum atomic E-state index is 4.12. The molecule has 1 heterocycles. The van der Waals surface area contributed by atoms with Crippen molar-refractivity contribution in [2.45, 2.75) is 11.1 Å². The number of hydrogen-bond donors (Lipinski definition) is 1. The van der Waals surface area contributed by atoms with Crippen LogP contribution in [0.5, 0.6) is 0 Å². The molecular formula is C7H10S2. The van der Waals surface area contributed by atoms with Crippen LogP contribution < -0.4 is 0 Å². The van der Waals surface area contributed by atoms with E-state index in [4.69, 9.17) is 0 Å². The highest BCUT2D eigenvalue weighted by Gasteiger charge is 1.85. The third-order valence-electron chi connectivity index (χ3n) is 0.717. The van der Waals surface area contributed by atoms with E-state index in [0.717, 1.165) is 4.21 Å². The van der Waals surface area contributed by atoms with E-state index in [2.05, 4.69) is 38.1 Å². The molecule has 0 saturated heterocycles. The van der Waals surface area contributed by atoms with E-state index in [-0.39, 0.29) is 0 Å². The molecular weight excluding hydrogens is 148 g/mol. The van der Waals surface area contributed by atoms with Crippen molar-refractivity contribution in [2.75, 3.05) is 0 Å². The summed E-state index contributed by atoms with van der Waals surface area (Å²) in [6.07, 6.45) is 0. The number of aryl methyl sites for hydroxylation is 1. The van der Waals surface area contributed by atoms with Gasteiger partial charge in [0.1, 0.15) is 0 Å². The molecule has 1 aromatic rings. The Kier molecular flexibility index (Phi) is 4.54. The molecule has 0 aliphatic rings. The number of thiophene rings is 1. The number of hydrogen-bond acceptors (Lipinski definition) is 2. The minimum absolute atomic E-state index is 1.09. The topological polar surface area (TPSA) is 0 Å². The molecule has 0 atom stereocenters. The second-order valence-corrected chi connectivity index (χ2v) is 3.16. The number of rotatable bonds is 0. The lowest BCUT2D eigenvalue weighted by atomic mass is 10.4. The van der Waals surface area contributed by atoms with Crippen LogP contribution in [0.25, 0.3) is 0 Å². The highest BCUT2D eigenvalue weighted by molar-refractivity contribution is 7.82. The fraction of sp³-hybridized carbons (Fsp3) is 0.143. The molecule has 0 radical (unpaired) electrons. The van der Waals surface area contributed by atoms with Crippen molar-refractivity contribution in [3.05, 3.63) is 30.2 Å². The van der Waals surface area contributed by atoms with Crippen LogP contribution >= 0.6 is 24.0 Å². The zero-order valence-corrected chi connectivity index (χ0v) is 7.14. The van der Waals surface area contributed by atoms with Crippen molar-refractivity contribution in [3.63, 3.8) is 0 Å². The van der Waals surface area contributed by atoms with Crippen molar-refractivity contribution >= 4 is 24.0 Å². The Morgan fingerprint density at radius 2 is 2.11 bits per heavy atom. The van der Waals surface area contributed by atoms with E-state index >= 15 is 0 Å². The molecule has 0 N–H and O–H groups in total. The largest absolute Gasteiger partial charge is 0.137 e. The van der Waals surface area contributed by atoms with Gasteiger partial charge in [0.25, 0.3) is 0 Å².